The third kappa shape index (κ3) is 3.37. The summed E-state index contributed by atoms with van der Waals surface area (Å²) >= 11 is 11.7. The fraction of sp³-hybridized carbons (Fsp3) is 0.364. The van der Waals surface area contributed by atoms with E-state index in [-0.39, 0.29) is 6.04 Å². The van der Waals surface area contributed by atoms with Crippen molar-refractivity contribution in [3.63, 3.8) is 0 Å². The largest absolute Gasteiger partial charge is 0.480 e. The highest BCUT2D eigenvalue weighted by Crippen LogP contribution is 2.25. The maximum absolute atomic E-state index is 10.7. The zero-order valence-corrected chi connectivity index (χ0v) is 10.5. The van der Waals surface area contributed by atoms with E-state index in [1.165, 1.54) is 0 Å². The number of nitrogens with one attached hydrogen (secondary N) is 1. The molecule has 0 fully saturated rings. The summed E-state index contributed by atoms with van der Waals surface area (Å²) in [4.78, 5) is 10.7. The number of benzene rings is 1. The van der Waals surface area contributed by atoms with Crippen LogP contribution < -0.4 is 5.32 Å². The van der Waals surface area contributed by atoms with Gasteiger partial charge in [-0.25, -0.2) is 0 Å². The van der Waals surface area contributed by atoms with Gasteiger partial charge < -0.3 is 5.11 Å². The summed E-state index contributed by atoms with van der Waals surface area (Å²) in [6.07, 6.45) is 0. The van der Waals surface area contributed by atoms with Gasteiger partial charge >= 0.3 is 5.97 Å². The normalized spacial score (nSPS) is 14.5. The molecule has 5 heteroatoms. The lowest BCUT2D eigenvalue weighted by molar-refractivity contribution is -0.139. The van der Waals surface area contributed by atoms with Crippen molar-refractivity contribution >= 4 is 29.2 Å². The van der Waals surface area contributed by atoms with E-state index in [9.17, 15) is 4.79 Å². The predicted octanol–water partition coefficient (Wildman–Crippen LogP) is 3.12. The molecule has 1 aromatic rings. The van der Waals surface area contributed by atoms with Gasteiger partial charge in [0.1, 0.15) is 6.04 Å². The molecule has 1 rings (SSSR count). The highest BCUT2D eigenvalue weighted by molar-refractivity contribution is 6.42. The number of carboxylic acid groups (broad SMARTS) is 1. The van der Waals surface area contributed by atoms with Crippen molar-refractivity contribution in [3.05, 3.63) is 33.8 Å². The molecule has 0 amide bonds. The standard InChI is InChI=1S/C11H13Cl2NO2/c1-6(14-7(2)11(15)16)8-3-4-9(12)10(13)5-8/h3-7,14H,1-2H3,(H,15,16). The van der Waals surface area contributed by atoms with Crippen molar-refractivity contribution in [1.29, 1.82) is 0 Å². The Kier molecular flexibility index (Phi) is 4.59. The zero-order chi connectivity index (χ0) is 12.3. The molecule has 0 heterocycles. The minimum absolute atomic E-state index is 0.0964. The highest BCUT2D eigenvalue weighted by atomic mass is 35.5. The topological polar surface area (TPSA) is 49.3 Å². The molecule has 0 spiro atoms. The second-order valence-corrected chi connectivity index (χ2v) is 4.44. The molecule has 88 valence electrons. The van der Waals surface area contributed by atoms with Crippen LogP contribution in [-0.2, 0) is 4.79 Å². The first-order chi connectivity index (χ1) is 7.41. The Morgan fingerprint density at radius 3 is 2.44 bits per heavy atom. The fourth-order valence-electron chi connectivity index (χ4n) is 1.32. The third-order valence-electron chi connectivity index (χ3n) is 2.31. The van der Waals surface area contributed by atoms with E-state index in [1.54, 1.807) is 19.1 Å². The molecule has 0 bridgehead atoms. The SMILES string of the molecule is CC(NC(C)c1ccc(Cl)c(Cl)c1)C(=O)O. The summed E-state index contributed by atoms with van der Waals surface area (Å²) in [5.74, 6) is -0.882. The van der Waals surface area contributed by atoms with E-state index in [2.05, 4.69) is 5.32 Å². The minimum atomic E-state index is -0.882. The second kappa shape index (κ2) is 5.53. The fourth-order valence-corrected chi connectivity index (χ4v) is 1.63. The quantitative estimate of drug-likeness (QED) is 0.876. The van der Waals surface area contributed by atoms with E-state index >= 15 is 0 Å². The molecular formula is C11H13Cl2NO2. The van der Waals surface area contributed by atoms with Gasteiger partial charge in [-0.15, -0.1) is 0 Å². The average molecular weight is 262 g/mol. The van der Waals surface area contributed by atoms with Crippen LogP contribution in [0.15, 0.2) is 18.2 Å². The summed E-state index contributed by atoms with van der Waals surface area (Å²) in [5, 5.41) is 12.7. The molecule has 2 atom stereocenters. The van der Waals surface area contributed by atoms with Gasteiger partial charge in [0.15, 0.2) is 0 Å². The van der Waals surface area contributed by atoms with Crippen molar-refractivity contribution in [2.75, 3.05) is 0 Å². The number of hydrogen-bond donors (Lipinski definition) is 2. The van der Waals surface area contributed by atoms with Gasteiger partial charge in [0, 0.05) is 6.04 Å². The molecule has 1 aromatic carbocycles. The first-order valence-corrected chi connectivity index (χ1v) is 5.61. The monoisotopic (exact) mass is 261 g/mol. The van der Waals surface area contributed by atoms with E-state index in [4.69, 9.17) is 28.3 Å². The van der Waals surface area contributed by atoms with Crippen LogP contribution in [0.25, 0.3) is 0 Å². The Labute approximate surface area is 104 Å². The minimum Gasteiger partial charge on any atom is -0.480 e. The van der Waals surface area contributed by atoms with Gasteiger partial charge in [-0.1, -0.05) is 29.3 Å². The molecule has 0 radical (unpaired) electrons. The van der Waals surface area contributed by atoms with Crippen molar-refractivity contribution in [1.82, 2.24) is 5.32 Å². The summed E-state index contributed by atoms with van der Waals surface area (Å²) in [5.41, 5.74) is 0.905. The first kappa shape index (κ1) is 13.3. The Bertz CT molecular complexity index is 396. The van der Waals surface area contributed by atoms with Crippen LogP contribution in [0.3, 0.4) is 0 Å². The number of halogens is 2. The van der Waals surface area contributed by atoms with Crippen molar-refractivity contribution < 1.29 is 9.90 Å². The molecule has 0 aromatic heterocycles. The maximum atomic E-state index is 10.7. The van der Waals surface area contributed by atoms with Crippen molar-refractivity contribution in [2.45, 2.75) is 25.9 Å². The molecule has 16 heavy (non-hydrogen) atoms. The zero-order valence-electron chi connectivity index (χ0n) is 9.00. The van der Waals surface area contributed by atoms with Crippen LogP contribution in [0.5, 0.6) is 0 Å². The smallest absolute Gasteiger partial charge is 0.320 e. The van der Waals surface area contributed by atoms with Gasteiger partial charge in [-0.3, -0.25) is 10.1 Å². The van der Waals surface area contributed by atoms with Gasteiger partial charge in [-0.2, -0.15) is 0 Å². The molecule has 0 saturated carbocycles. The number of carbonyl (C=O) groups is 1. The summed E-state index contributed by atoms with van der Waals surface area (Å²) in [6.45, 7) is 3.47. The second-order valence-electron chi connectivity index (χ2n) is 3.62. The number of aliphatic carboxylic acids is 1. The van der Waals surface area contributed by atoms with Crippen LogP contribution in [0.1, 0.15) is 25.5 Å². The Morgan fingerprint density at radius 2 is 1.94 bits per heavy atom. The molecule has 0 saturated heterocycles. The van der Waals surface area contributed by atoms with E-state index in [1.807, 2.05) is 13.0 Å². The maximum Gasteiger partial charge on any atom is 0.320 e. The molecule has 2 N–H and O–H groups in total. The van der Waals surface area contributed by atoms with E-state index < -0.39 is 12.0 Å². The lowest BCUT2D eigenvalue weighted by Gasteiger charge is -2.17. The molecule has 3 nitrogen and oxygen atoms in total. The van der Waals surface area contributed by atoms with E-state index in [0.29, 0.717) is 10.0 Å². The van der Waals surface area contributed by atoms with Crippen molar-refractivity contribution in [2.24, 2.45) is 0 Å². The van der Waals surface area contributed by atoms with Crippen LogP contribution in [0.4, 0.5) is 0 Å². The van der Waals surface area contributed by atoms with Crippen LogP contribution in [0.2, 0.25) is 10.0 Å². The first-order valence-electron chi connectivity index (χ1n) is 4.85. The molecule has 0 aliphatic rings. The van der Waals surface area contributed by atoms with Gasteiger partial charge in [0.25, 0.3) is 0 Å². The van der Waals surface area contributed by atoms with Gasteiger partial charge in [0.05, 0.1) is 10.0 Å². The summed E-state index contributed by atoms with van der Waals surface area (Å²) in [7, 11) is 0. The van der Waals surface area contributed by atoms with Gasteiger partial charge in [-0.05, 0) is 31.5 Å². The van der Waals surface area contributed by atoms with E-state index in [0.717, 1.165) is 5.56 Å². The summed E-state index contributed by atoms with van der Waals surface area (Å²) < 4.78 is 0. The molecule has 2 unspecified atom stereocenters. The molecular weight excluding hydrogens is 249 g/mol. The number of carboxylic acids is 1. The lowest BCUT2D eigenvalue weighted by Crippen LogP contribution is -2.35. The third-order valence-corrected chi connectivity index (χ3v) is 3.05. The summed E-state index contributed by atoms with van der Waals surface area (Å²) in [6, 6.07) is 4.55. The van der Waals surface area contributed by atoms with Gasteiger partial charge in [0.2, 0.25) is 0 Å². The van der Waals surface area contributed by atoms with Crippen molar-refractivity contribution in [3.8, 4) is 0 Å². The van der Waals surface area contributed by atoms with Crippen LogP contribution in [0, 0.1) is 0 Å². The Balaban J connectivity index is 2.76. The Morgan fingerprint density at radius 1 is 1.31 bits per heavy atom. The lowest BCUT2D eigenvalue weighted by atomic mass is 10.1. The predicted molar refractivity (Wildman–Crippen MR) is 65.1 cm³/mol. The molecule has 0 aliphatic heterocycles. The molecule has 0 aliphatic carbocycles. The van der Waals surface area contributed by atoms with Crippen LogP contribution in [-0.4, -0.2) is 17.1 Å². The average Bonchev–Trinajstić information content (AvgIpc) is 2.21. The number of rotatable bonds is 4. The highest BCUT2D eigenvalue weighted by Gasteiger charge is 2.15. The van der Waals surface area contributed by atoms with Crippen LogP contribution >= 0.6 is 23.2 Å². The number of hydrogen-bond acceptors (Lipinski definition) is 2. The Hall–Kier alpha value is -0.770.